The second-order valence-electron chi connectivity index (χ2n) is 3.54. The van der Waals surface area contributed by atoms with Gasteiger partial charge in [-0.25, -0.2) is 0 Å². The summed E-state index contributed by atoms with van der Waals surface area (Å²) in [5, 5.41) is 10.8. The SMILES string of the molecule is CCCc1c(C#N)oc2c(Cl)cc(Cl)cc12. The molecule has 0 spiro atoms. The Labute approximate surface area is 103 Å². The zero-order chi connectivity index (χ0) is 11.7. The van der Waals surface area contributed by atoms with Crippen molar-refractivity contribution in [2.45, 2.75) is 19.8 Å². The van der Waals surface area contributed by atoms with E-state index < -0.39 is 0 Å². The third kappa shape index (κ3) is 1.77. The van der Waals surface area contributed by atoms with E-state index in [1.54, 1.807) is 12.1 Å². The molecule has 2 aromatic rings. The molecule has 1 aromatic heterocycles. The van der Waals surface area contributed by atoms with Crippen LogP contribution in [-0.2, 0) is 6.42 Å². The smallest absolute Gasteiger partial charge is 0.208 e. The Bertz CT molecular complexity index is 581. The number of hydrogen-bond donors (Lipinski definition) is 0. The number of hydrogen-bond acceptors (Lipinski definition) is 2. The molecule has 0 unspecified atom stereocenters. The van der Waals surface area contributed by atoms with E-state index in [4.69, 9.17) is 32.9 Å². The fourth-order valence-electron chi connectivity index (χ4n) is 1.76. The molecule has 0 atom stereocenters. The van der Waals surface area contributed by atoms with Gasteiger partial charge in [-0.2, -0.15) is 5.26 Å². The van der Waals surface area contributed by atoms with Gasteiger partial charge in [-0.3, -0.25) is 0 Å². The summed E-state index contributed by atoms with van der Waals surface area (Å²) in [5.74, 6) is 0.334. The maximum Gasteiger partial charge on any atom is 0.208 e. The highest BCUT2D eigenvalue weighted by molar-refractivity contribution is 6.38. The van der Waals surface area contributed by atoms with Gasteiger partial charge in [0.2, 0.25) is 5.76 Å². The largest absolute Gasteiger partial charge is 0.444 e. The molecule has 0 N–H and O–H groups in total. The van der Waals surface area contributed by atoms with E-state index in [0.717, 1.165) is 23.8 Å². The van der Waals surface area contributed by atoms with Crippen molar-refractivity contribution in [3.05, 3.63) is 33.5 Å². The van der Waals surface area contributed by atoms with Crippen molar-refractivity contribution in [1.29, 1.82) is 5.26 Å². The van der Waals surface area contributed by atoms with Crippen LogP contribution in [0.5, 0.6) is 0 Å². The molecule has 0 aliphatic heterocycles. The number of nitriles is 1. The van der Waals surface area contributed by atoms with Gasteiger partial charge >= 0.3 is 0 Å². The van der Waals surface area contributed by atoms with Crippen molar-refractivity contribution < 1.29 is 4.42 Å². The molecule has 0 aliphatic rings. The molecule has 2 rings (SSSR count). The zero-order valence-electron chi connectivity index (χ0n) is 8.68. The van der Waals surface area contributed by atoms with Crippen LogP contribution in [-0.4, -0.2) is 0 Å². The number of aryl methyl sites for hydroxylation is 1. The quantitative estimate of drug-likeness (QED) is 0.787. The maximum atomic E-state index is 8.99. The first kappa shape index (κ1) is 11.3. The lowest BCUT2D eigenvalue weighted by Gasteiger charge is -1.97. The predicted octanol–water partition coefficient (Wildman–Crippen LogP) is 4.56. The Morgan fingerprint density at radius 1 is 1.38 bits per heavy atom. The molecular weight excluding hydrogens is 245 g/mol. The van der Waals surface area contributed by atoms with Crippen molar-refractivity contribution in [2.24, 2.45) is 0 Å². The molecule has 0 fully saturated rings. The fourth-order valence-corrected chi connectivity index (χ4v) is 2.29. The van der Waals surface area contributed by atoms with Crippen molar-refractivity contribution in [2.75, 3.05) is 0 Å². The van der Waals surface area contributed by atoms with Gasteiger partial charge in [0.1, 0.15) is 6.07 Å². The van der Waals surface area contributed by atoms with Crippen molar-refractivity contribution in [1.82, 2.24) is 0 Å². The number of fused-ring (bicyclic) bond motifs is 1. The van der Waals surface area contributed by atoms with Crippen LogP contribution in [0.3, 0.4) is 0 Å². The predicted molar refractivity (Wildman–Crippen MR) is 64.9 cm³/mol. The molecule has 4 heteroatoms. The Morgan fingerprint density at radius 3 is 2.75 bits per heavy atom. The minimum absolute atomic E-state index is 0.334. The first-order valence-corrected chi connectivity index (χ1v) is 5.73. The van der Waals surface area contributed by atoms with E-state index in [2.05, 4.69) is 0 Å². The standard InChI is InChI=1S/C12H9Cl2NO/c1-2-3-8-9-4-7(13)5-10(14)12(9)16-11(8)6-15/h4-5H,2-3H2,1H3. The molecule has 1 aromatic carbocycles. The van der Waals surface area contributed by atoms with Crippen LogP contribution in [0.2, 0.25) is 10.0 Å². The van der Waals surface area contributed by atoms with E-state index in [9.17, 15) is 0 Å². The van der Waals surface area contributed by atoms with Gasteiger partial charge < -0.3 is 4.42 Å². The number of halogens is 2. The minimum atomic E-state index is 0.334. The normalized spacial score (nSPS) is 10.6. The van der Waals surface area contributed by atoms with Gasteiger partial charge in [-0.15, -0.1) is 0 Å². The van der Waals surface area contributed by atoms with Crippen LogP contribution in [0.25, 0.3) is 11.0 Å². The highest BCUT2D eigenvalue weighted by Gasteiger charge is 2.16. The molecule has 16 heavy (non-hydrogen) atoms. The van der Waals surface area contributed by atoms with E-state index in [-0.39, 0.29) is 0 Å². The van der Waals surface area contributed by atoms with E-state index in [0.29, 0.717) is 21.4 Å². The molecule has 0 amide bonds. The van der Waals surface area contributed by atoms with Crippen LogP contribution in [0.4, 0.5) is 0 Å². The lowest BCUT2D eigenvalue weighted by atomic mass is 10.1. The molecule has 1 heterocycles. The Balaban J connectivity index is 2.80. The van der Waals surface area contributed by atoms with Gasteiger partial charge in [0.05, 0.1) is 5.02 Å². The summed E-state index contributed by atoms with van der Waals surface area (Å²) in [6.07, 6.45) is 1.72. The van der Waals surface area contributed by atoms with Crippen LogP contribution in [0.1, 0.15) is 24.7 Å². The summed E-state index contributed by atoms with van der Waals surface area (Å²) in [6, 6.07) is 5.45. The molecule has 0 bridgehead atoms. The number of benzene rings is 1. The molecule has 0 aliphatic carbocycles. The zero-order valence-corrected chi connectivity index (χ0v) is 10.2. The molecule has 0 saturated carbocycles. The summed E-state index contributed by atoms with van der Waals surface area (Å²) in [7, 11) is 0. The van der Waals surface area contributed by atoms with Crippen LogP contribution < -0.4 is 0 Å². The Kier molecular flexibility index (Phi) is 3.09. The number of furan rings is 1. The van der Waals surface area contributed by atoms with Gasteiger partial charge in [0.15, 0.2) is 5.58 Å². The second-order valence-corrected chi connectivity index (χ2v) is 4.38. The van der Waals surface area contributed by atoms with Gasteiger partial charge in [0.25, 0.3) is 0 Å². The summed E-state index contributed by atoms with van der Waals surface area (Å²) < 4.78 is 5.43. The van der Waals surface area contributed by atoms with Crippen LogP contribution in [0.15, 0.2) is 16.5 Å². The first-order valence-electron chi connectivity index (χ1n) is 4.98. The van der Waals surface area contributed by atoms with Crippen molar-refractivity contribution in [3.63, 3.8) is 0 Å². The Morgan fingerprint density at radius 2 is 2.12 bits per heavy atom. The molecule has 2 nitrogen and oxygen atoms in total. The molecule has 0 saturated heterocycles. The summed E-state index contributed by atoms with van der Waals surface area (Å²) in [5.41, 5.74) is 1.44. The van der Waals surface area contributed by atoms with Gasteiger partial charge in [-0.05, 0) is 18.6 Å². The van der Waals surface area contributed by atoms with E-state index in [1.165, 1.54) is 0 Å². The van der Waals surface area contributed by atoms with E-state index >= 15 is 0 Å². The number of nitrogens with zero attached hydrogens (tertiary/aromatic N) is 1. The monoisotopic (exact) mass is 253 g/mol. The molecule has 0 radical (unpaired) electrons. The van der Waals surface area contributed by atoms with Gasteiger partial charge in [0, 0.05) is 16.0 Å². The highest BCUT2D eigenvalue weighted by atomic mass is 35.5. The average molecular weight is 254 g/mol. The summed E-state index contributed by atoms with van der Waals surface area (Å²) in [4.78, 5) is 0. The van der Waals surface area contributed by atoms with Crippen LogP contribution in [0, 0.1) is 11.3 Å². The lowest BCUT2D eigenvalue weighted by Crippen LogP contribution is -1.84. The summed E-state index contributed by atoms with van der Waals surface area (Å²) in [6.45, 7) is 2.05. The van der Waals surface area contributed by atoms with Gasteiger partial charge in [-0.1, -0.05) is 36.5 Å². The molecular formula is C12H9Cl2NO. The third-order valence-corrected chi connectivity index (χ3v) is 2.91. The van der Waals surface area contributed by atoms with Crippen molar-refractivity contribution in [3.8, 4) is 6.07 Å². The van der Waals surface area contributed by atoms with E-state index in [1.807, 2.05) is 13.0 Å². The minimum Gasteiger partial charge on any atom is -0.444 e. The third-order valence-electron chi connectivity index (χ3n) is 2.41. The first-order chi connectivity index (χ1) is 7.67. The average Bonchev–Trinajstić information content (AvgIpc) is 2.58. The summed E-state index contributed by atoms with van der Waals surface area (Å²) >= 11 is 12.0. The topological polar surface area (TPSA) is 36.9 Å². The Hall–Kier alpha value is -1.17. The highest BCUT2D eigenvalue weighted by Crippen LogP contribution is 2.34. The second kappa shape index (κ2) is 4.37. The van der Waals surface area contributed by atoms with Crippen molar-refractivity contribution >= 4 is 34.2 Å². The van der Waals surface area contributed by atoms with Crippen LogP contribution >= 0.6 is 23.2 Å². The fraction of sp³-hybridized carbons (Fsp3) is 0.250. The number of rotatable bonds is 2. The lowest BCUT2D eigenvalue weighted by molar-refractivity contribution is 0.593. The molecule has 82 valence electrons. The maximum absolute atomic E-state index is 8.99.